The maximum absolute atomic E-state index is 12.1. The Morgan fingerprint density at radius 3 is 2.41 bits per heavy atom. The topological polar surface area (TPSA) is 82.3 Å². The van der Waals surface area contributed by atoms with Crippen LogP contribution in [0.15, 0.2) is 23.0 Å². The lowest BCUT2D eigenvalue weighted by molar-refractivity contribution is 0.506. The third-order valence-corrected chi connectivity index (χ3v) is 5.23. The summed E-state index contributed by atoms with van der Waals surface area (Å²) < 4.78 is 26.8. The Bertz CT molecular complexity index is 854. The van der Waals surface area contributed by atoms with Crippen molar-refractivity contribution in [2.45, 2.75) is 20.3 Å². The zero-order valence-corrected chi connectivity index (χ0v) is 14.0. The molecule has 0 bridgehead atoms. The van der Waals surface area contributed by atoms with Gasteiger partial charge in [0.05, 0.1) is 0 Å². The van der Waals surface area contributed by atoms with Gasteiger partial charge in [0.2, 0.25) is 0 Å². The van der Waals surface area contributed by atoms with Crippen molar-refractivity contribution in [1.29, 1.82) is 0 Å². The number of aromatic nitrogens is 1. The summed E-state index contributed by atoms with van der Waals surface area (Å²) in [5.41, 5.74) is 3.45. The van der Waals surface area contributed by atoms with Crippen molar-refractivity contribution in [2.75, 3.05) is 20.6 Å². The number of rotatable bonds is 5. The first-order valence-corrected chi connectivity index (χ1v) is 8.45. The Morgan fingerprint density at radius 2 is 1.77 bits per heavy atom. The predicted octanol–water partition coefficient (Wildman–Crippen LogP) is 1.08. The quantitative estimate of drug-likeness (QED) is 0.864. The second kappa shape index (κ2) is 6.20. The lowest BCUT2D eigenvalue weighted by atomic mass is 10.0. The molecule has 0 fully saturated rings. The van der Waals surface area contributed by atoms with Gasteiger partial charge in [-0.2, -0.15) is 12.7 Å². The fraction of sp³-hybridized carbons (Fsp3) is 0.400. The molecule has 0 atom stereocenters. The Morgan fingerprint density at radius 1 is 1.14 bits per heavy atom. The SMILES string of the molecule is Cc1cc2cc(CCNS(=O)(=O)N(C)C)c(=O)[nH]c2cc1C. The molecule has 0 radical (unpaired) electrons. The minimum absolute atomic E-state index is 0.180. The summed E-state index contributed by atoms with van der Waals surface area (Å²) in [6.45, 7) is 4.20. The summed E-state index contributed by atoms with van der Waals surface area (Å²) >= 11 is 0. The van der Waals surface area contributed by atoms with Gasteiger partial charge in [-0.15, -0.1) is 0 Å². The number of nitrogens with one attached hydrogen (secondary N) is 2. The number of pyridine rings is 1. The van der Waals surface area contributed by atoms with Crippen LogP contribution in [0.3, 0.4) is 0 Å². The standard InChI is InChI=1S/C15H21N3O3S/c1-10-7-13-9-12(5-6-16-22(20,21)18(3)4)15(19)17-14(13)8-11(10)2/h7-9,16H,5-6H2,1-4H3,(H,17,19). The highest BCUT2D eigenvalue weighted by Crippen LogP contribution is 2.17. The number of nitrogens with zero attached hydrogens (tertiary/aromatic N) is 1. The number of aryl methyl sites for hydroxylation is 2. The summed E-state index contributed by atoms with van der Waals surface area (Å²) in [4.78, 5) is 14.9. The van der Waals surface area contributed by atoms with Gasteiger partial charge < -0.3 is 4.98 Å². The first kappa shape index (κ1) is 16.7. The first-order chi connectivity index (χ1) is 10.2. The molecular weight excluding hydrogens is 302 g/mol. The number of benzene rings is 1. The third kappa shape index (κ3) is 3.55. The van der Waals surface area contributed by atoms with Gasteiger partial charge >= 0.3 is 0 Å². The van der Waals surface area contributed by atoms with Crippen LogP contribution in [0.25, 0.3) is 10.9 Å². The zero-order chi connectivity index (χ0) is 16.5. The summed E-state index contributed by atoms with van der Waals surface area (Å²) in [6, 6.07) is 5.79. The van der Waals surface area contributed by atoms with E-state index in [1.54, 1.807) is 0 Å². The molecule has 120 valence electrons. The number of hydrogen-bond acceptors (Lipinski definition) is 3. The molecule has 1 heterocycles. The van der Waals surface area contributed by atoms with Gasteiger partial charge in [0, 0.05) is 31.7 Å². The molecule has 1 aromatic carbocycles. The second-order valence-corrected chi connectivity index (χ2v) is 7.55. The fourth-order valence-electron chi connectivity index (χ4n) is 2.15. The fourth-order valence-corrected chi connectivity index (χ4v) is 2.77. The molecule has 2 rings (SSSR count). The third-order valence-electron chi connectivity index (χ3n) is 3.69. The number of aromatic amines is 1. The van der Waals surface area contributed by atoms with E-state index in [-0.39, 0.29) is 12.1 Å². The maximum atomic E-state index is 12.1. The van der Waals surface area contributed by atoms with Gasteiger partial charge in [-0.25, -0.2) is 4.72 Å². The number of fused-ring (bicyclic) bond motifs is 1. The summed E-state index contributed by atoms with van der Waals surface area (Å²) in [5.74, 6) is 0. The maximum Gasteiger partial charge on any atom is 0.278 e. The van der Waals surface area contributed by atoms with Gasteiger partial charge in [-0.3, -0.25) is 4.79 Å². The molecule has 0 aliphatic carbocycles. The van der Waals surface area contributed by atoms with Crippen molar-refractivity contribution in [3.8, 4) is 0 Å². The Kier molecular flexibility index (Phi) is 4.69. The normalized spacial score (nSPS) is 12.2. The Hall–Kier alpha value is -1.70. The highest BCUT2D eigenvalue weighted by atomic mass is 32.2. The molecule has 0 aliphatic heterocycles. The molecule has 0 amide bonds. The van der Waals surface area contributed by atoms with Crippen LogP contribution >= 0.6 is 0 Å². The van der Waals surface area contributed by atoms with Crippen LogP contribution in [0.5, 0.6) is 0 Å². The van der Waals surface area contributed by atoms with Gasteiger partial charge in [0.1, 0.15) is 0 Å². The van der Waals surface area contributed by atoms with E-state index in [0.29, 0.717) is 12.0 Å². The molecule has 2 N–H and O–H groups in total. The summed E-state index contributed by atoms with van der Waals surface area (Å²) in [6.07, 6.45) is 0.339. The molecule has 7 heteroatoms. The highest BCUT2D eigenvalue weighted by molar-refractivity contribution is 7.87. The zero-order valence-electron chi connectivity index (χ0n) is 13.2. The van der Waals surface area contributed by atoms with Crippen molar-refractivity contribution in [3.63, 3.8) is 0 Å². The minimum Gasteiger partial charge on any atom is -0.322 e. The van der Waals surface area contributed by atoms with Crippen molar-refractivity contribution in [3.05, 3.63) is 45.2 Å². The Labute approximate surface area is 130 Å². The van der Waals surface area contributed by atoms with E-state index < -0.39 is 10.2 Å². The van der Waals surface area contributed by atoms with Gasteiger partial charge in [0.25, 0.3) is 15.8 Å². The van der Waals surface area contributed by atoms with E-state index in [1.165, 1.54) is 14.1 Å². The van der Waals surface area contributed by atoms with Gasteiger partial charge in [-0.05, 0) is 55.0 Å². The van der Waals surface area contributed by atoms with Crippen molar-refractivity contribution in [1.82, 2.24) is 14.0 Å². The van der Waals surface area contributed by atoms with Crippen LogP contribution in [0, 0.1) is 13.8 Å². The monoisotopic (exact) mass is 323 g/mol. The van der Waals surface area contributed by atoms with Crippen LogP contribution in [-0.2, 0) is 16.6 Å². The van der Waals surface area contributed by atoms with Gasteiger partial charge in [-0.1, -0.05) is 0 Å². The van der Waals surface area contributed by atoms with E-state index in [4.69, 9.17) is 0 Å². The molecule has 0 spiro atoms. The van der Waals surface area contributed by atoms with Crippen LogP contribution in [0.2, 0.25) is 0 Å². The highest BCUT2D eigenvalue weighted by Gasteiger charge is 2.12. The van der Waals surface area contributed by atoms with E-state index in [2.05, 4.69) is 9.71 Å². The smallest absolute Gasteiger partial charge is 0.278 e. The second-order valence-electron chi connectivity index (χ2n) is 5.58. The molecule has 0 saturated carbocycles. The van der Waals surface area contributed by atoms with Crippen LogP contribution in [0.1, 0.15) is 16.7 Å². The van der Waals surface area contributed by atoms with E-state index in [1.807, 2.05) is 32.0 Å². The summed E-state index contributed by atoms with van der Waals surface area (Å²) in [7, 11) is -0.556. The van der Waals surface area contributed by atoms with E-state index >= 15 is 0 Å². The average Bonchev–Trinajstić information content (AvgIpc) is 2.41. The van der Waals surface area contributed by atoms with Crippen LogP contribution < -0.4 is 10.3 Å². The average molecular weight is 323 g/mol. The molecule has 0 saturated heterocycles. The Balaban J connectivity index is 2.24. The minimum atomic E-state index is -3.46. The van der Waals surface area contributed by atoms with Crippen molar-refractivity contribution >= 4 is 21.1 Å². The van der Waals surface area contributed by atoms with Gasteiger partial charge in [0.15, 0.2) is 0 Å². The van der Waals surface area contributed by atoms with Crippen molar-refractivity contribution in [2.24, 2.45) is 0 Å². The van der Waals surface area contributed by atoms with E-state index in [9.17, 15) is 13.2 Å². The number of H-pyrrole nitrogens is 1. The molecule has 6 nitrogen and oxygen atoms in total. The van der Waals surface area contributed by atoms with E-state index in [0.717, 1.165) is 26.3 Å². The molecule has 0 unspecified atom stereocenters. The molecule has 0 aliphatic rings. The molecule has 2 aromatic rings. The van der Waals surface area contributed by atoms with Crippen LogP contribution in [-0.4, -0.2) is 38.3 Å². The largest absolute Gasteiger partial charge is 0.322 e. The lowest BCUT2D eigenvalue weighted by Gasteiger charge is -2.12. The lowest BCUT2D eigenvalue weighted by Crippen LogP contribution is -2.37. The van der Waals surface area contributed by atoms with Crippen molar-refractivity contribution < 1.29 is 8.42 Å². The predicted molar refractivity (Wildman–Crippen MR) is 88.4 cm³/mol. The summed E-state index contributed by atoms with van der Waals surface area (Å²) in [5, 5.41) is 0.952. The molecule has 1 aromatic heterocycles. The van der Waals surface area contributed by atoms with Crippen LogP contribution in [0.4, 0.5) is 0 Å². The molecule has 22 heavy (non-hydrogen) atoms. The molecular formula is C15H21N3O3S. The number of hydrogen-bond donors (Lipinski definition) is 2. The first-order valence-electron chi connectivity index (χ1n) is 7.01.